The van der Waals surface area contributed by atoms with Crippen LogP contribution in [0.4, 0.5) is 29.7 Å². The van der Waals surface area contributed by atoms with Crippen molar-refractivity contribution in [2.45, 2.75) is 39.7 Å². The number of rotatable bonds is 6. The number of hydrogen-bond donors (Lipinski definition) is 1. The first-order valence-corrected chi connectivity index (χ1v) is 10.4. The van der Waals surface area contributed by atoms with Crippen LogP contribution in [-0.2, 0) is 14.3 Å². The van der Waals surface area contributed by atoms with Crippen molar-refractivity contribution >= 4 is 29.5 Å². The van der Waals surface area contributed by atoms with E-state index in [0.29, 0.717) is 31.1 Å². The number of carbonyl (C=O) groups is 3. The lowest BCUT2D eigenvalue weighted by Gasteiger charge is -2.37. The summed E-state index contributed by atoms with van der Waals surface area (Å²) in [6.45, 7) is 8.11. The molecule has 1 heterocycles. The number of piperazine rings is 1. The number of nitrogens with two attached hydrogens (primary N) is 1. The molecule has 11 heteroatoms. The summed E-state index contributed by atoms with van der Waals surface area (Å²) in [5, 5.41) is 0. The lowest BCUT2D eigenvalue weighted by molar-refractivity contribution is -0.142. The summed E-state index contributed by atoms with van der Waals surface area (Å²) in [7, 11) is 0. The topological polar surface area (TPSA) is 105 Å². The summed E-state index contributed by atoms with van der Waals surface area (Å²) in [5.74, 6) is -2.59. The monoisotopic (exact) mass is 456 g/mol. The molecule has 9 nitrogen and oxygen atoms in total. The average Bonchev–Trinajstić information content (AvgIpc) is 2.68. The van der Waals surface area contributed by atoms with Gasteiger partial charge in [-0.05, 0) is 39.8 Å². The smallest absolute Gasteiger partial charge is 0.410 e. The molecule has 3 amide bonds. The molecule has 0 atom stereocenters. The first-order chi connectivity index (χ1) is 14.9. The minimum absolute atomic E-state index is 0.147. The highest BCUT2D eigenvalue weighted by atomic mass is 19.1. The number of amides is 3. The number of carbonyl (C=O) groups excluding carboxylic acids is 3. The maximum absolute atomic E-state index is 14.8. The molecule has 1 aliphatic heterocycles. The molecule has 1 saturated heterocycles. The van der Waals surface area contributed by atoms with Crippen LogP contribution in [-0.4, -0.2) is 67.9 Å². The van der Waals surface area contributed by atoms with Crippen molar-refractivity contribution in [3.05, 3.63) is 23.8 Å². The minimum Gasteiger partial charge on any atom is -0.466 e. The Bertz CT molecular complexity index is 828. The van der Waals surface area contributed by atoms with Crippen LogP contribution in [0, 0.1) is 11.6 Å². The molecule has 2 rings (SSSR count). The van der Waals surface area contributed by atoms with Crippen molar-refractivity contribution in [3.63, 3.8) is 0 Å². The molecule has 1 fully saturated rings. The second kappa shape index (κ2) is 10.5. The molecular formula is C21H30F2N4O5. The van der Waals surface area contributed by atoms with Gasteiger partial charge >= 0.3 is 18.1 Å². The minimum atomic E-state index is -1.09. The Labute approximate surface area is 186 Å². The molecule has 0 saturated carbocycles. The van der Waals surface area contributed by atoms with Gasteiger partial charge in [0.1, 0.15) is 11.3 Å². The van der Waals surface area contributed by atoms with Gasteiger partial charge in [-0.15, -0.1) is 0 Å². The van der Waals surface area contributed by atoms with E-state index in [2.05, 4.69) is 0 Å². The summed E-state index contributed by atoms with van der Waals surface area (Å²) in [4.78, 5) is 39.4. The van der Waals surface area contributed by atoms with Crippen LogP contribution in [0.2, 0.25) is 0 Å². The normalized spacial score (nSPS) is 14.2. The largest absolute Gasteiger partial charge is 0.466 e. The quantitative estimate of drug-likeness (QED) is 0.660. The van der Waals surface area contributed by atoms with Crippen LogP contribution in [0.1, 0.15) is 34.1 Å². The molecule has 0 aliphatic carbocycles. The molecule has 1 aromatic carbocycles. The molecule has 0 spiro atoms. The molecule has 1 aromatic rings. The SMILES string of the molecule is CCOC(=O)CCN(C(N)=O)c1c(F)cc(N2CCN(C(=O)OC(C)(C)C)CC2)cc1F. The zero-order valence-corrected chi connectivity index (χ0v) is 18.8. The molecule has 1 aliphatic rings. The molecule has 32 heavy (non-hydrogen) atoms. The zero-order chi connectivity index (χ0) is 24.1. The van der Waals surface area contributed by atoms with E-state index in [9.17, 15) is 23.2 Å². The van der Waals surface area contributed by atoms with E-state index in [4.69, 9.17) is 15.2 Å². The maximum atomic E-state index is 14.8. The van der Waals surface area contributed by atoms with Crippen LogP contribution in [0.3, 0.4) is 0 Å². The number of nitrogens with zero attached hydrogens (tertiary/aromatic N) is 3. The lowest BCUT2D eigenvalue weighted by atomic mass is 10.2. The second-order valence-corrected chi connectivity index (χ2v) is 8.26. The zero-order valence-electron chi connectivity index (χ0n) is 18.8. The third-order valence-electron chi connectivity index (χ3n) is 4.68. The van der Waals surface area contributed by atoms with Crippen molar-refractivity contribution in [2.24, 2.45) is 5.73 Å². The Balaban J connectivity index is 2.11. The summed E-state index contributed by atoms with van der Waals surface area (Å²) < 4.78 is 39.8. The number of esters is 1. The number of urea groups is 1. The van der Waals surface area contributed by atoms with Crippen molar-refractivity contribution in [1.82, 2.24) is 4.90 Å². The van der Waals surface area contributed by atoms with E-state index in [0.717, 1.165) is 12.1 Å². The predicted octanol–water partition coefficient (Wildman–Crippen LogP) is 2.86. The number of halogens is 2. The Morgan fingerprint density at radius 2 is 1.66 bits per heavy atom. The van der Waals surface area contributed by atoms with E-state index < -0.39 is 41.0 Å². The van der Waals surface area contributed by atoms with Gasteiger partial charge in [-0.3, -0.25) is 9.69 Å². The first-order valence-electron chi connectivity index (χ1n) is 10.4. The third kappa shape index (κ3) is 6.69. The molecule has 0 radical (unpaired) electrons. The number of ether oxygens (including phenoxy) is 2. The van der Waals surface area contributed by atoms with Gasteiger partial charge in [-0.1, -0.05) is 0 Å². The Morgan fingerprint density at radius 1 is 1.09 bits per heavy atom. The van der Waals surface area contributed by atoms with E-state index >= 15 is 0 Å². The second-order valence-electron chi connectivity index (χ2n) is 8.26. The summed E-state index contributed by atoms with van der Waals surface area (Å²) in [5.41, 5.74) is 4.30. The number of anilines is 2. The molecule has 178 valence electrons. The fourth-order valence-electron chi connectivity index (χ4n) is 3.23. The molecule has 2 N–H and O–H groups in total. The van der Waals surface area contributed by atoms with Crippen LogP contribution in [0.5, 0.6) is 0 Å². The van der Waals surface area contributed by atoms with Gasteiger partial charge in [-0.2, -0.15) is 0 Å². The van der Waals surface area contributed by atoms with Gasteiger partial charge in [0.05, 0.1) is 13.0 Å². The molecule has 0 aromatic heterocycles. The molecular weight excluding hydrogens is 426 g/mol. The van der Waals surface area contributed by atoms with Gasteiger partial charge in [0.15, 0.2) is 11.6 Å². The first kappa shape index (κ1) is 25.2. The highest BCUT2D eigenvalue weighted by Gasteiger charge is 2.28. The van der Waals surface area contributed by atoms with Crippen LogP contribution in [0.25, 0.3) is 0 Å². The fourth-order valence-corrected chi connectivity index (χ4v) is 3.23. The standard InChI is InChI=1S/C21H30F2N4O5/c1-5-31-17(28)6-7-27(19(24)29)18-15(22)12-14(13-16(18)23)25-8-10-26(11-9-25)20(30)32-21(2,3)4/h12-13H,5-11H2,1-4H3,(H2,24,29). The Kier molecular flexibility index (Phi) is 8.23. The van der Waals surface area contributed by atoms with Gasteiger partial charge in [0, 0.05) is 38.4 Å². The van der Waals surface area contributed by atoms with Crippen molar-refractivity contribution in [3.8, 4) is 0 Å². The van der Waals surface area contributed by atoms with Crippen LogP contribution in [0.15, 0.2) is 12.1 Å². The van der Waals surface area contributed by atoms with E-state index in [-0.39, 0.29) is 25.3 Å². The summed E-state index contributed by atoms with van der Waals surface area (Å²) >= 11 is 0. The number of hydrogen-bond acceptors (Lipinski definition) is 6. The van der Waals surface area contributed by atoms with Crippen molar-refractivity contribution < 1.29 is 32.6 Å². The lowest BCUT2D eigenvalue weighted by Crippen LogP contribution is -2.50. The Hall–Kier alpha value is -3.11. The highest BCUT2D eigenvalue weighted by molar-refractivity contribution is 5.92. The predicted molar refractivity (Wildman–Crippen MR) is 115 cm³/mol. The van der Waals surface area contributed by atoms with E-state index in [1.54, 1.807) is 32.6 Å². The summed E-state index contributed by atoms with van der Waals surface area (Å²) in [6.07, 6.45) is -0.701. The van der Waals surface area contributed by atoms with Crippen LogP contribution >= 0.6 is 0 Å². The van der Waals surface area contributed by atoms with Crippen LogP contribution < -0.4 is 15.5 Å². The Morgan fingerprint density at radius 3 is 2.12 bits per heavy atom. The fraction of sp³-hybridized carbons (Fsp3) is 0.571. The average molecular weight is 456 g/mol. The number of benzene rings is 1. The van der Waals surface area contributed by atoms with Gasteiger partial charge in [-0.25, -0.2) is 18.4 Å². The van der Waals surface area contributed by atoms with Gasteiger partial charge in [0.25, 0.3) is 0 Å². The van der Waals surface area contributed by atoms with E-state index in [1.807, 2.05) is 0 Å². The molecule has 0 unspecified atom stereocenters. The van der Waals surface area contributed by atoms with Gasteiger partial charge in [0.2, 0.25) is 0 Å². The maximum Gasteiger partial charge on any atom is 0.410 e. The van der Waals surface area contributed by atoms with Crippen molar-refractivity contribution in [1.29, 1.82) is 0 Å². The highest BCUT2D eigenvalue weighted by Crippen LogP contribution is 2.30. The van der Waals surface area contributed by atoms with E-state index in [1.165, 1.54) is 4.90 Å². The number of primary amides is 1. The van der Waals surface area contributed by atoms with Gasteiger partial charge < -0.3 is 25.0 Å². The summed E-state index contributed by atoms with van der Waals surface area (Å²) in [6, 6.07) is 1.11. The van der Waals surface area contributed by atoms with Crippen molar-refractivity contribution in [2.75, 3.05) is 49.1 Å². The molecule has 0 bridgehead atoms. The third-order valence-corrected chi connectivity index (χ3v) is 4.68.